The molecule has 0 amide bonds. The topological polar surface area (TPSA) is 0 Å². The molecule has 0 saturated carbocycles. The Morgan fingerprint density at radius 1 is 0.650 bits per heavy atom. The predicted octanol–water partition coefficient (Wildman–Crippen LogP) is 5.25. The normalized spacial score (nSPS) is 8.55. The summed E-state index contributed by atoms with van der Waals surface area (Å²) in [5, 5.41) is 0. The Morgan fingerprint density at radius 3 is 1.25 bits per heavy atom. The van der Waals surface area contributed by atoms with Gasteiger partial charge in [0.05, 0.1) is 0 Å². The molecule has 0 atom stereocenters. The van der Waals surface area contributed by atoms with Gasteiger partial charge in [0, 0.05) is 21.7 Å². The Hall–Kier alpha value is -1.37. The molecular weight excluding hydrogens is 276 g/mol. The minimum absolute atomic E-state index is 0. The first-order valence-corrected chi connectivity index (χ1v) is 6.35. The molecule has 0 spiro atoms. The predicted molar refractivity (Wildman–Crippen MR) is 84.0 cm³/mol. The van der Waals surface area contributed by atoms with Gasteiger partial charge in [0.25, 0.3) is 0 Å². The molecule has 0 aromatic heterocycles. The third kappa shape index (κ3) is 9.55. The van der Waals surface area contributed by atoms with Crippen LogP contribution in [0.15, 0.2) is 91.0 Å². The molecule has 20 heavy (non-hydrogen) atoms. The van der Waals surface area contributed by atoms with Crippen LogP contribution >= 0.6 is 0 Å². The second-order valence-electron chi connectivity index (χ2n) is 4.03. The molecule has 104 valence electrons. The van der Waals surface area contributed by atoms with E-state index < -0.39 is 0 Å². The van der Waals surface area contributed by atoms with Gasteiger partial charge in [0.1, 0.15) is 0 Å². The number of hydrogen-bond donors (Lipinski definition) is 0. The minimum atomic E-state index is 0. The average Bonchev–Trinajstić information content (AvgIpc) is 3.18. The Labute approximate surface area is 138 Å². The summed E-state index contributed by atoms with van der Waals surface area (Å²) in [4.78, 5) is 0. The van der Waals surface area contributed by atoms with E-state index in [9.17, 15) is 0 Å². The summed E-state index contributed by atoms with van der Waals surface area (Å²) in [7, 11) is 0. The van der Waals surface area contributed by atoms with E-state index in [2.05, 4.69) is 13.8 Å². The summed E-state index contributed by atoms with van der Waals surface area (Å²) in [5.74, 6) is 0.159. The second kappa shape index (κ2) is 12.7. The van der Waals surface area contributed by atoms with Crippen LogP contribution in [0.2, 0.25) is 0 Å². The summed E-state index contributed by atoms with van der Waals surface area (Å²) in [6.07, 6.45) is 0. The number of hydrogen-bond acceptors (Lipinski definition) is 0. The maximum absolute atomic E-state index is 3.80. The Morgan fingerprint density at radius 2 is 1.05 bits per heavy atom. The summed E-state index contributed by atoms with van der Waals surface area (Å²) < 4.78 is 0. The Balaban J connectivity index is 0.000000282. The van der Waals surface area contributed by atoms with Gasteiger partial charge in [-0.3, -0.25) is 5.92 Å². The van der Waals surface area contributed by atoms with Gasteiger partial charge in [0.2, 0.25) is 0 Å². The molecule has 0 unspecified atom stereocenters. The van der Waals surface area contributed by atoms with Crippen molar-refractivity contribution in [3.63, 3.8) is 0 Å². The van der Waals surface area contributed by atoms with Crippen molar-refractivity contribution in [1.29, 1.82) is 0 Å². The third-order valence-corrected chi connectivity index (χ3v) is 2.38. The fourth-order valence-electron chi connectivity index (χ4n) is 1.37. The number of benzene rings is 1. The van der Waals surface area contributed by atoms with Gasteiger partial charge in [-0.05, 0) is 0 Å². The molecule has 0 radical (unpaired) electrons. The molecule has 0 nitrogen and oxygen atoms in total. The molecule has 0 aliphatic heterocycles. The number of rotatable bonds is 1. The zero-order valence-corrected chi connectivity index (χ0v) is 13.2. The van der Waals surface area contributed by atoms with Crippen molar-refractivity contribution in [2.45, 2.75) is 5.92 Å². The standard InChI is InChI=1S/C9H10.2C5H5.Ti/c1-8(2)9-6-4-3-5-7-9;2*1-2-4-5-3-1;/h3-8H,1-2H2;2*1-5H;/q-2;2*-1;. The van der Waals surface area contributed by atoms with Crippen molar-refractivity contribution in [2.24, 2.45) is 0 Å². The van der Waals surface area contributed by atoms with Crippen LogP contribution in [0.1, 0.15) is 11.5 Å². The molecule has 0 bridgehead atoms. The Bertz CT molecular complexity index is 403. The molecule has 3 rings (SSSR count). The summed E-state index contributed by atoms with van der Waals surface area (Å²) >= 11 is 0. The van der Waals surface area contributed by atoms with E-state index in [1.165, 1.54) is 5.56 Å². The fourth-order valence-corrected chi connectivity index (χ4v) is 1.37. The van der Waals surface area contributed by atoms with E-state index in [4.69, 9.17) is 0 Å². The second-order valence-corrected chi connectivity index (χ2v) is 4.03. The minimum Gasteiger partial charge on any atom is -0.365 e. The van der Waals surface area contributed by atoms with Crippen LogP contribution in [0, 0.1) is 13.8 Å². The van der Waals surface area contributed by atoms with Crippen LogP contribution in [0.5, 0.6) is 0 Å². The quantitative estimate of drug-likeness (QED) is 0.425. The molecule has 0 fully saturated rings. The zero-order valence-electron chi connectivity index (χ0n) is 11.7. The summed E-state index contributed by atoms with van der Waals surface area (Å²) in [5.41, 5.74) is 1.19. The molecule has 0 N–H and O–H groups in total. The van der Waals surface area contributed by atoms with E-state index in [0.29, 0.717) is 0 Å². The summed E-state index contributed by atoms with van der Waals surface area (Å²) in [6, 6.07) is 30.1. The first-order chi connectivity index (χ1) is 9.30. The molecule has 0 saturated heterocycles. The first kappa shape index (κ1) is 18.6. The SMILES string of the molecule is [CH2-]C([CH2-])c1ccccc1.[Ti].c1cc[cH-]c1.c1cc[cH-]c1. The van der Waals surface area contributed by atoms with Gasteiger partial charge in [0.15, 0.2) is 0 Å². The van der Waals surface area contributed by atoms with Gasteiger partial charge in [-0.15, -0.1) is 5.56 Å². The van der Waals surface area contributed by atoms with Crippen LogP contribution in [-0.2, 0) is 21.7 Å². The van der Waals surface area contributed by atoms with Crippen molar-refractivity contribution >= 4 is 0 Å². The van der Waals surface area contributed by atoms with E-state index in [1.54, 1.807) is 0 Å². The molecule has 3 aromatic carbocycles. The average molecular weight is 296 g/mol. The van der Waals surface area contributed by atoms with E-state index in [1.807, 2.05) is 91.0 Å². The molecule has 1 heteroatoms. The van der Waals surface area contributed by atoms with Crippen LogP contribution in [0.25, 0.3) is 0 Å². The molecular formula is C19H20Ti-4. The first-order valence-electron chi connectivity index (χ1n) is 6.35. The maximum Gasteiger partial charge on any atom is 0 e. The molecule has 0 heterocycles. The van der Waals surface area contributed by atoms with Gasteiger partial charge in [-0.1, -0.05) is 30.3 Å². The van der Waals surface area contributed by atoms with Gasteiger partial charge in [-0.2, -0.15) is 36.4 Å². The van der Waals surface area contributed by atoms with Crippen LogP contribution in [0.4, 0.5) is 0 Å². The van der Waals surface area contributed by atoms with Crippen molar-refractivity contribution in [3.05, 3.63) is 110 Å². The molecule has 0 aliphatic carbocycles. The monoisotopic (exact) mass is 296 g/mol. The summed E-state index contributed by atoms with van der Waals surface area (Å²) in [6.45, 7) is 7.60. The largest absolute Gasteiger partial charge is 0.365 e. The third-order valence-electron chi connectivity index (χ3n) is 2.38. The Kier molecular flexibility index (Phi) is 11.8. The van der Waals surface area contributed by atoms with Gasteiger partial charge < -0.3 is 13.8 Å². The van der Waals surface area contributed by atoms with Crippen molar-refractivity contribution < 1.29 is 21.7 Å². The zero-order chi connectivity index (χ0) is 13.8. The smallest absolute Gasteiger partial charge is 0 e. The van der Waals surface area contributed by atoms with Crippen LogP contribution in [0.3, 0.4) is 0 Å². The fraction of sp³-hybridized carbons (Fsp3) is 0.0526. The molecule has 3 aromatic rings. The van der Waals surface area contributed by atoms with Gasteiger partial charge >= 0.3 is 0 Å². The molecule has 0 aliphatic rings. The van der Waals surface area contributed by atoms with Crippen molar-refractivity contribution in [1.82, 2.24) is 0 Å². The van der Waals surface area contributed by atoms with Crippen molar-refractivity contribution in [3.8, 4) is 0 Å². The van der Waals surface area contributed by atoms with Crippen molar-refractivity contribution in [2.75, 3.05) is 0 Å². The van der Waals surface area contributed by atoms with Gasteiger partial charge in [-0.25, -0.2) is 24.3 Å². The van der Waals surface area contributed by atoms with E-state index in [-0.39, 0.29) is 27.6 Å². The van der Waals surface area contributed by atoms with E-state index in [0.717, 1.165) is 0 Å². The van der Waals surface area contributed by atoms with Crippen LogP contribution < -0.4 is 0 Å². The maximum atomic E-state index is 3.80. The van der Waals surface area contributed by atoms with Crippen LogP contribution in [-0.4, -0.2) is 0 Å². The van der Waals surface area contributed by atoms with E-state index >= 15 is 0 Å².